The number of fused-ring (bicyclic) bond motifs is 1. The Morgan fingerprint density at radius 2 is 1.35 bits per heavy atom. The Morgan fingerprint density at radius 1 is 0.846 bits per heavy atom. The number of halogens is 3. The Bertz CT molecular complexity index is 1040. The van der Waals surface area contributed by atoms with Gasteiger partial charge in [-0.25, -0.2) is 9.97 Å². The fraction of sp³-hybridized carbons (Fsp3) is 0.0667. The van der Waals surface area contributed by atoms with Gasteiger partial charge >= 0.3 is 17.6 Å². The van der Waals surface area contributed by atoms with Crippen molar-refractivity contribution in [2.45, 2.75) is 6.18 Å². The van der Waals surface area contributed by atoms with Crippen LogP contribution in [-0.4, -0.2) is 19.8 Å². The molecule has 0 saturated heterocycles. The SMILES string of the molecule is O=[N+]([O-])c1cc2nc(-c3ccccc3)c(C(F)(F)F)nc2cc1[N+](=O)[O-]. The minimum Gasteiger partial charge on any atom is -0.258 e. The molecule has 3 aromatic rings. The molecule has 0 N–H and O–H groups in total. The maximum absolute atomic E-state index is 13.4. The van der Waals surface area contributed by atoms with Crippen LogP contribution >= 0.6 is 0 Å². The first-order valence-electron chi connectivity index (χ1n) is 6.95. The molecular weight excluding hydrogens is 357 g/mol. The molecule has 132 valence electrons. The van der Waals surface area contributed by atoms with Crippen molar-refractivity contribution in [3.05, 3.63) is 68.4 Å². The zero-order valence-electron chi connectivity index (χ0n) is 12.6. The van der Waals surface area contributed by atoms with Gasteiger partial charge in [-0.05, 0) is 0 Å². The Balaban J connectivity index is 2.39. The Morgan fingerprint density at radius 3 is 1.81 bits per heavy atom. The molecule has 0 spiro atoms. The van der Waals surface area contributed by atoms with Gasteiger partial charge in [0.05, 0.1) is 33.0 Å². The maximum atomic E-state index is 13.4. The summed E-state index contributed by atoms with van der Waals surface area (Å²) in [4.78, 5) is 27.2. The van der Waals surface area contributed by atoms with Crippen molar-refractivity contribution < 1.29 is 23.0 Å². The number of nitro groups is 2. The lowest BCUT2D eigenvalue weighted by Gasteiger charge is -2.12. The van der Waals surface area contributed by atoms with Gasteiger partial charge < -0.3 is 0 Å². The third-order valence-corrected chi connectivity index (χ3v) is 3.47. The van der Waals surface area contributed by atoms with Gasteiger partial charge in [-0.1, -0.05) is 30.3 Å². The van der Waals surface area contributed by atoms with Crippen molar-refractivity contribution in [2.75, 3.05) is 0 Å². The van der Waals surface area contributed by atoms with E-state index in [1.807, 2.05) is 0 Å². The third kappa shape index (κ3) is 3.01. The molecule has 11 heteroatoms. The van der Waals surface area contributed by atoms with Crippen molar-refractivity contribution in [1.29, 1.82) is 0 Å². The second kappa shape index (κ2) is 6.02. The average Bonchev–Trinajstić information content (AvgIpc) is 2.59. The Labute approximate surface area is 142 Å². The van der Waals surface area contributed by atoms with Gasteiger partial charge in [0.15, 0.2) is 5.69 Å². The predicted octanol–water partition coefficient (Wildman–Crippen LogP) is 4.13. The summed E-state index contributed by atoms with van der Waals surface area (Å²) in [5.41, 5.74) is -4.31. The van der Waals surface area contributed by atoms with Crippen LogP contribution in [0, 0.1) is 20.2 Å². The first kappa shape index (κ1) is 17.2. The number of nitrogens with zero attached hydrogens (tertiary/aromatic N) is 4. The molecule has 0 bridgehead atoms. The standard InChI is InChI=1S/C15H7F3N4O4/c16-15(17,18)14-13(8-4-2-1-3-5-8)19-9-6-11(21(23)24)12(22(25)26)7-10(9)20-14/h1-7H. The number of alkyl halides is 3. The van der Waals surface area contributed by atoms with E-state index in [0.717, 1.165) is 6.07 Å². The summed E-state index contributed by atoms with van der Waals surface area (Å²) in [6.07, 6.45) is -4.87. The molecule has 0 atom stereocenters. The Kier molecular flexibility index (Phi) is 3.98. The summed E-state index contributed by atoms with van der Waals surface area (Å²) in [5.74, 6) is 0. The zero-order chi connectivity index (χ0) is 19.1. The van der Waals surface area contributed by atoms with Crippen LogP contribution in [0.5, 0.6) is 0 Å². The number of aromatic nitrogens is 2. The normalized spacial score (nSPS) is 11.5. The molecule has 3 rings (SSSR count). The van der Waals surface area contributed by atoms with E-state index < -0.39 is 44.3 Å². The lowest BCUT2D eigenvalue weighted by Crippen LogP contribution is -2.12. The van der Waals surface area contributed by atoms with E-state index in [1.165, 1.54) is 24.3 Å². The summed E-state index contributed by atoms with van der Waals surface area (Å²) in [6, 6.07) is 8.71. The molecule has 1 heterocycles. The smallest absolute Gasteiger partial charge is 0.258 e. The van der Waals surface area contributed by atoms with Crippen molar-refractivity contribution in [2.24, 2.45) is 0 Å². The van der Waals surface area contributed by atoms with Crippen LogP contribution in [0.1, 0.15) is 5.69 Å². The molecule has 0 aliphatic carbocycles. The minimum absolute atomic E-state index is 0.107. The summed E-state index contributed by atoms with van der Waals surface area (Å²) in [7, 11) is 0. The Hall–Kier alpha value is -3.63. The first-order valence-corrected chi connectivity index (χ1v) is 6.95. The highest BCUT2D eigenvalue weighted by atomic mass is 19.4. The van der Waals surface area contributed by atoms with E-state index in [4.69, 9.17) is 0 Å². The van der Waals surface area contributed by atoms with E-state index in [2.05, 4.69) is 9.97 Å². The van der Waals surface area contributed by atoms with E-state index in [9.17, 15) is 33.4 Å². The molecule has 0 saturated carbocycles. The van der Waals surface area contributed by atoms with Crippen molar-refractivity contribution in [1.82, 2.24) is 9.97 Å². The molecule has 0 amide bonds. The fourth-order valence-electron chi connectivity index (χ4n) is 2.37. The topological polar surface area (TPSA) is 112 Å². The van der Waals surface area contributed by atoms with Crippen LogP contribution in [0.4, 0.5) is 24.5 Å². The van der Waals surface area contributed by atoms with Gasteiger partial charge in [-0.3, -0.25) is 20.2 Å². The van der Waals surface area contributed by atoms with E-state index in [0.29, 0.717) is 6.07 Å². The summed E-state index contributed by atoms with van der Waals surface area (Å²) in [6.45, 7) is 0. The monoisotopic (exact) mass is 364 g/mol. The van der Waals surface area contributed by atoms with Crippen molar-refractivity contribution in [3.63, 3.8) is 0 Å². The molecule has 1 aromatic heterocycles. The highest BCUT2D eigenvalue weighted by molar-refractivity contribution is 5.84. The number of hydrogen-bond donors (Lipinski definition) is 0. The summed E-state index contributed by atoms with van der Waals surface area (Å²) in [5, 5.41) is 22.0. The van der Waals surface area contributed by atoms with Gasteiger partial charge in [0.2, 0.25) is 0 Å². The van der Waals surface area contributed by atoms with Crippen LogP contribution in [0.3, 0.4) is 0 Å². The van der Waals surface area contributed by atoms with Crippen LogP contribution in [0.2, 0.25) is 0 Å². The molecule has 2 aromatic carbocycles. The van der Waals surface area contributed by atoms with Crippen LogP contribution < -0.4 is 0 Å². The van der Waals surface area contributed by atoms with E-state index in [-0.39, 0.29) is 11.1 Å². The summed E-state index contributed by atoms with van der Waals surface area (Å²) < 4.78 is 40.2. The number of rotatable bonds is 3. The van der Waals surface area contributed by atoms with E-state index >= 15 is 0 Å². The van der Waals surface area contributed by atoms with Gasteiger partial charge in [-0.2, -0.15) is 13.2 Å². The molecule has 0 aliphatic heterocycles. The molecule has 26 heavy (non-hydrogen) atoms. The fourth-order valence-corrected chi connectivity index (χ4v) is 2.37. The van der Waals surface area contributed by atoms with Gasteiger partial charge in [0.25, 0.3) is 0 Å². The largest absolute Gasteiger partial charge is 0.435 e. The molecule has 8 nitrogen and oxygen atoms in total. The van der Waals surface area contributed by atoms with E-state index in [1.54, 1.807) is 6.07 Å². The second-order valence-corrected chi connectivity index (χ2v) is 5.13. The zero-order valence-corrected chi connectivity index (χ0v) is 12.6. The average molecular weight is 364 g/mol. The maximum Gasteiger partial charge on any atom is 0.435 e. The summed E-state index contributed by atoms with van der Waals surface area (Å²) >= 11 is 0. The highest BCUT2D eigenvalue weighted by Crippen LogP contribution is 2.38. The third-order valence-electron chi connectivity index (χ3n) is 3.47. The predicted molar refractivity (Wildman–Crippen MR) is 83.3 cm³/mol. The highest BCUT2D eigenvalue weighted by Gasteiger charge is 2.38. The molecule has 0 aliphatic rings. The minimum atomic E-state index is -4.87. The molecular formula is C15H7F3N4O4. The van der Waals surface area contributed by atoms with Gasteiger partial charge in [-0.15, -0.1) is 0 Å². The van der Waals surface area contributed by atoms with Gasteiger partial charge in [0.1, 0.15) is 5.69 Å². The quantitative estimate of drug-likeness (QED) is 0.510. The lowest BCUT2D eigenvalue weighted by molar-refractivity contribution is -0.422. The number of benzene rings is 2. The second-order valence-electron chi connectivity index (χ2n) is 5.13. The number of hydrogen-bond acceptors (Lipinski definition) is 6. The molecule has 0 radical (unpaired) electrons. The van der Waals surface area contributed by atoms with Crippen LogP contribution in [0.25, 0.3) is 22.3 Å². The van der Waals surface area contributed by atoms with Crippen molar-refractivity contribution >= 4 is 22.4 Å². The first-order chi connectivity index (χ1) is 12.2. The molecule has 0 unspecified atom stereocenters. The lowest BCUT2D eigenvalue weighted by atomic mass is 10.1. The van der Waals surface area contributed by atoms with Crippen LogP contribution in [0.15, 0.2) is 42.5 Å². The van der Waals surface area contributed by atoms with Gasteiger partial charge in [0, 0.05) is 5.56 Å². The van der Waals surface area contributed by atoms with Crippen LogP contribution in [-0.2, 0) is 6.18 Å². The molecule has 0 fully saturated rings. The number of nitro benzene ring substituents is 2. The van der Waals surface area contributed by atoms with Crippen molar-refractivity contribution in [3.8, 4) is 11.3 Å².